The third-order valence-electron chi connectivity index (χ3n) is 2.50. The molecule has 1 rings (SSSR count). The number of rotatable bonds is 7. The van der Waals surface area contributed by atoms with Crippen LogP contribution in [0.3, 0.4) is 0 Å². The first-order valence-corrected chi connectivity index (χ1v) is 5.92. The molecule has 0 amide bonds. The Kier molecular flexibility index (Phi) is 11.5. The van der Waals surface area contributed by atoms with Crippen LogP contribution in [0, 0.1) is 0 Å². The van der Waals surface area contributed by atoms with E-state index in [0.717, 1.165) is 12.8 Å². The van der Waals surface area contributed by atoms with Gasteiger partial charge in [0.15, 0.2) is 5.78 Å². The van der Waals surface area contributed by atoms with E-state index in [4.69, 9.17) is 9.47 Å². The zero-order valence-corrected chi connectivity index (χ0v) is 10.8. The van der Waals surface area contributed by atoms with Crippen LogP contribution in [0.25, 0.3) is 0 Å². The molecule has 0 heterocycles. The van der Waals surface area contributed by atoms with Crippen molar-refractivity contribution in [3.05, 3.63) is 35.4 Å². The summed E-state index contributed by atoms with van der Waals surface area (Å²) >= 11 is 0. The Bertz CT molecular complexity index is 395. The summed E-state index contributed by atoms with van der Waals surface area (Å²) in [7, 11) is 1.64. The monoisotopic (exact) mass is 282 g/mol. The van der Waals surface area contributed by atoms with Crippen LogP contribution < -0.4 is 0 Å². The molecule has 0 radical (unpaired) electrons. The molecule has 0 bridgehead atoms. The number of Topliss-reactive ketones (excluding diaryl/α,β-unsaturated/α-hetero) is 1. The van der Waals surface area contributed by atoms with Crippen LogP contribution in [0.1, 0.15) is 55.3 Å². The van der Waals surface area contributed by atoms with Gasteiger partial charge in [0.1, 0.15) is 0 Å². The minimum absolute atomic E-state index is 0. The maximum atomic E-state index is 11.6. The fourth-order valence-electron chi connectivity index (χ4n) is 1.44. The van der Waals surface area contributed by atoms with Gasteiger partial charge < -0.3 is 9.47 Å². The molecule has 0 fully saturated rings. The summed E-state index contributed by atoms with van der Waals surface area (Å²) in [5.41, 5.74) is 1.05. The largest absolute Gasteiger partial charge is 0.462 e. The average molecular weight is 282 g/mol. The lowest BCUT2D eigenvalue weighted by Gasteiger charge is -2.05. The van der Waals surface area contributed by atoms with Crippen molar-refractivity contribution in [2.75, 3.05) is 20.3 Å². The molecule has 0 unspecified atom stereocenters. The van der Waals surface area contributed by atoms with Crippen LogP contribution >= 0.6 is 0 Å². The SMILES string of the molecule is C.C.COCCCCOC(=O)c1ccc(C(C)=O)cc1. The van der Waals surface area contributed by atoms with Crippen molar-refractivity contribution in [3.63, 3.8) is 0 Å². The lowest BCUT2D eigenvalue weighted by Crippen LogP contribution is -2.07. The van der Waals surface area contributed by atoms with Crippen LogP contribution in [-0.2, 0) is 9.47 Å². The quantitative estimate of drug-likeness (QED) is 0.434. The highest BCUT2D eigenvalue weighted by Gasteiger charge is 2.07. The molecule has 0 saturated carbocycles. The van der Waals surface area contributed by atoms with Crippen LogP contribution in [0.4, 0.5) is 0 Å². The van der Waals surface area contributed by atoms with E-state index in [0.29, 0.717) is 24.3 Å². The van der Waals surface area contributed by atoms with Gasteiger partial charge in [-0.15, -0.1) is 0 Å². The number of hydrogen-bond donors (Lipinski definition) is 0. The van der Waals surface area contributed by atoms with E-state index >= 15 is 0 Å². The summed E-state index contributed by atoms with van der Waals surface area (Å²) in [6.45, 7) is 2.55. The van der Waals surface area contributed by atoms with Gasteiger partial charge in [0.25, 0.3) is 0 Å². The normalized spacial score (nSPS) is 9.10. The van der Waals surface area contributed by atoms with Gasteiger partial charge in [0.2, 0.25) is 0 Å². The van der Waals surface area contributed by atoms with Crippen molar-refractivity contribution in [1.82, 2.24) is 0 Å². The molecule has 0 aromatic heterocycles. The average Bonchev–Trinajstić information content (AvgIpc) is 2.38. The van der Waals surface area contributed by atoms with Crippen LogP contribution in [0.5, 0.6) is 0 Å². The molecule has 20 heavy (non-hydrogen) atoms. The molecule has 4 nitrogen and oxygen atoms in total. The van der Waals surface area contributed by atoms with E-state index in [9.17, 15) is 9.59 Å². The second-order valence-corrected chi connectivity index (χ2v) is 3.97. The van der Waals surface area contributed by atoms with Crippen molar-refractivity contribution in [2.45, 2.75) is 34.6 Å². The van der Waals surface area contributed by atoms with Gasteiger partial charge in [-0.05, 0) is 31.9 Å². The molecular formula is C16H26O4. The Hall–Kier alpha value is -1.68. The number of benzene rings is 1. The molecule has 0 spiro atoms. The van der Waals surface area contributed by atoms with Crippen molar-refractivity contribution in [3.8, 4) is 0 Å². The molecule has 0 saturated heterocycles. The Morgan fingerprint density at radius 1 is 0.950 bits per heavy atom. The van der Waals surface area contributed by atoms with Crippen LogP contribution in [0.2, 0.25) is 0 Å². The van der Waals surface area contributed by atoms with Gasteiger partial charge in [0, 0.05) is 19.3 Å². The third-order valence-corrected chi connectivity index (χ3v) is 2.50. The van der Waals surface area contributed by atoms with E-state index in [-0.39, 0.29) is 26.6 Å². The number of methoxy groups -OCH3 is 1. The van der Waals surface area contributed by atoms with Gasteiger partial charge in [0.05, 0.1) is 12.2 Å². The van der Waals surface area contributed by atoms with E-state index in [1.54, 1.807) is 31.4 Å². The van der Waals surface area contributed by atoms with Gasteiger partial charge in [-0.1, -0.05) is 27.0 Å². The first-order valence-electron chi connectivity index (χ1n) is 5.92. The number of carbonyl (C=O) groups is 2. The van der Waals surface area contributed by atoms with E-state index in [2.05, 4.69) is 0 Å². The topological polar surface area (TPSA) is 52.6 Å². The standard InChI is InChI=1S/C14H18O4.2CH4/c1-11(15)12-5-7-13(8-6-12)14(16)18-10-4-3-9-17-2;;/h5-8H,3-4,9-10H2,1-2H3;2*1H4. The second-order valence-electron chi connectivity index (χ2n) is 3.97. The summed E-state index contributed by atoms with van der Waals surface area (Å²) < 4.78 is 9.99. The van der Waals surface area contributed by atoms with Gasteiger partial charge >= 0.3 is 5.97 Å². The fraction of sp³-hybridized carbons (Fsp3) is 0.500. The number of hydrogen-bond acceptors (Lipinski definition) is 4. The minimum Gasteiger partial charge on any atom is -0.462 e. The van der Waals surface area contributed by atoms with Crippen LogP contribution in [-0.4, -0.2) is 32.1 Å². The smallest absolute Gasteiger partial charge is 0.338 e. The highest BCUT2D eigenvalue weighted by molar-refractivity contribution is 5.96. The molecule has 0 aliphatic rings. The lowest BCUT2D eigenvalue weighted by molar-refractivity contribution is 0.0489. The molecule has 114 valence electrons. The number of ether oxygens (including phenoxy) is 2. The van der Waals surface area contributed by atoms with Gasteiger partial charge in [-0.2, -0.15) is 0 Å². The molecule has 0 aliphatic heterocycles. The molecule has 1 aromatic rings. The van der Waals surface area contributed by atoms with E-state index < -0.39 is 0 Å². The third kappa shape index (κ3) is 7.04. The molecule has 1 aromatic carbocycles. The first kappa shape index (κ1) is 20.6. The summed E-state index contributed by atoms with van der Waals surface area (Å²) in [4.78, 5) is 22.7. The van der Waals surface area contributed by atoms with Crippen molar-refractivity contribution >= 4 is 11.8 Å². The van der Waals surface area contributed by atoms with E-state index in [1.807, 2.05) is 0 Å². The molecule has 4 heteroatoms. The Balaban J connectivity index is 0. The first-order chi connectivity index (χ1) is 8.65. The number of unbranched alkanes of at least 4 members (excludes halogenated alkanes) is 1. The highest BCUT2D eigenvalue weighted by Crippen LogP contribution is 2.07. The second kappa shape index (κ2) is 11.2. The molecule has 0 N–H and O–H groups in total. The maximum Gasteiger partial charge on any atom is 0.338 e. The zero-order chi connectivity index (χ0) is 13.4. The summed E-state index contributed by atoms with van der Waals surface area (Å²) in [5, 5.41) is 0. The number of ketones is 1. The van der Waals surface area contributed by atoms with Crippen molar-refractivity contribution in [2.24, 2.45) is 0 Å². The number of esters is 1. The number of carbonyl (C=O) groups excluding carboxylic acids is 2. The molecule has 0 atom stereocenters. The van der Waals surface area contributed by atoms with Crippen molar-refractivity contribution in [1.29, 1.82) is 0 Å². The summed E-state index contributed by atoms with van der Waals surface area (Å²) in [6.07, 6.45) is 1.65. The highest BCUT2D eigenvalue weighted by atomic mass is 16.5. The summed E-state index contributed by atoms with van der Waals surface area (Å²) in [6, 6.07) is 6.47. The van der Waals surface area contributed by atoms with Gasteiger partial charge in [-0.25, -0.2) is 4.79 Å². The molecule has 0 aliphatic carbocycles. The van der Waals surface area contributed by atoms with E-state index in [1.165, 1.54) is 6.92 Å². The Morgan fingerprint density at radius 2 is 1.45 bits per heavy atom. The van der Waals surface area contributed by atoms with Crippen molar-refractivity contribution < 1.29 is 19.1 Å². The Morgan fingerprint density at radius 3 is 1.95 bits per heavy atom. The Labute approximate surface area is 122 Å². The molecular weight excluding hydrogens is 256 g/mol. The zero-order valence-electron chi connectivity index (χ0n) is 10.8. The minimum atomic E-state index is -0.359. The van der Waals surface area contributed by atoms with Crippen LogP contribution in [0.15, 0.2) is 24.3 Å². The maximum absolute atomic E-state index is 11.6. The van der Waals surface area contributed by atoms with Gasteiger partial charge in [-0.3, -0.25) is 4.79 Å². The summed E-state index contributed by atoms with van der Waals surface area (Å²) in [5.74, 6) is -0.378. The lowest BCUT2D eigenvalue weighted by atomic mass is 10.1. The predicted molar refractivity (Wildman–Crippen MR) is 81.3 cm³/mol. The fourth-order valence-corrected chi connectivity index (χ4v) is 1.44. The predicted octanol–water partition coefficient (Wildman–Crippen LogP) is 3.74.